The molecule has 0 aliphatic heterocycles. The molecule has 28 heavy (non-hydrogen) atoms. The van der Waals surface area contributed by atoms with E-state index in [0.29, 0.717) is 0 Å². The first-order valence-electron chi connectivity index (χ1n) is 3.30. The van der Waals surface area contributed by atoms with Gasteiger partial charge >= 0.3 is 245 Å². The van der Waals surface area contributed by atoms with E-state index < -0.39 is 38.0 Å². The molecule has 0 aliphatic rings. The molecule has 0 spiro atoms. The van der Waals surface area contributed by atoms with Crippen LogP contribution in [-0.2, 0) is 14.9 Å². The van der Waals surface area contributed by atoms with E-state index in [0.717, 1.165) is 0 Å². The normalized spacial score (nSPS) is 5.50. The predicted molar refractivity (Wildman–Crippen MR) is 107 cm³/mol. The summed E-state index contributed by atoms with van der Waals surface area (Å²) in [6.45, 7) is 0. The minimum absolute atomic E-state index is 0. The molecule has 0 fully saturated rings. The fraction of sp³-hybridized carbons (Fsp3) is 0. The average molecular weight is 530 g/mol. The van der Waals surface area contributed by atoms with Crippen molar-refractivity contribution < 1.29 is 76.6 Å². The number of carboxylic acid groups (broad SMARTS) is 6. The van der Waals surface area contributed by atoms with Gasteiger partial charge in [-0.2, -0.15) is 8.42 Å². The molecule has 0 rings (SSSR count). The van der Waals surface area contributed by atoms with Crippen LogP contribution in [-0.4, -0.2) is 292 Å². The van der Waals surface area contributed by atoms with Gasteiger partial charge in [0.05, 0.1) is 0 Å². The zero-order chi connectivity index (χ0) is 18.8. The van der Waals surface area contributed by atoms with Crippen LogP contribution in [0, 0.1) is 0 Å². The minimum atomic E-state index is -4.67. The Labute approximate surface area is 314 Å². The number of hydrogen-bond acceptors (Lipinski definition) is 6. The van der Waals surface area contributed by atoms with Crippen molar-refractivity contribution in [1.29, 1.82) is 0 Å². The Balaban J connectivity index is -0.0000000108. The zero-order valence-electron chi connectivity index (χ0n) is 9.33. The molecule has 0 aromatic carbocycles. The molecular weight excluding hydrogens is 513 g/mol. The number of hydrogen-bond donors (Lipinski definition) is 10. The fourth-order valence-electron chi connectivity index (χ4n) is 0. The van der Waals surface area contributed by atoms with Crippen molar-refractivity contribution in [2.45, 2.75) is 0 Å². The van der Waals surface area contributed by atoms with Crippen LogP contribution in [0.4, 0.5) is 14.4 Å². The van der Waals surface area contributed by atoms with Gasteiger partial charge in [0.15, 0.2) is 0 Å². The van der Waals surface area contributed by atoms with Crippen LogP contribution in [0.2, 0.25) is 0 Å². The third-order valence-electron chi connectivity index (χ3n) is 0. The molecule has 0 aromatic heterocycles. The molecule has 0 amide bonds. The van der Waals surface area contributed by atoms with Crippen LogP contribution in [0.3, 0.4) is 0 Å². The molecule has 16 nitrogen and oxygen atoms in total. The van der Waals surface area contributed by atoms with E-state index in [2.05, 4.69) is 0 Å². The van der Waals surface area contributed by atoms with Crippen LogP contribution in [0.1, 0.15) is 0 Å². The quantitative estimate of drug-likeness (QED) is 0.103. The van der Waals surface area contributed by atoms with Gasteiger partial charge in [-0.05, 0) is 0 Å². The second-order valence-corrected chi connectivity index (χ2v) is 3.04. The van der Waals surface area contributed by atoms with Crippen molar-refractivity contribution >= 4 is 245 Å². The molecule has 0 heterocycles. The Morgan fingerprint density at radius 3 is 0.536 bits per heavy atom. The Hall–Kier alpha value is 4.30. The van der Waals surface area contributed by atoms with E-state index in [1.807, 2.05) is 0 Å². The van der Waals surface area contributed by atoms with E-state index in [1.165, 1.54) is 0 Å². The van der Waals surface area contributed by atoms with Crippen molar-refractivity contribution in [3.05, 3.63) is 0 Å². The van der Waals surface area contributed by atoms with Crippen molar-refractivity contribution in [1.82, 2.24) is 0 Å². The van der Waals surface area contributed by atoms with Gasteiger partial charge in [-0.15, -0.1) is 0 Å². The van der Waals surface area contributed by atoms with Gasteiger partial charge in [-0.1, -0.05) is 0 Å². The van der Waals surface area contributed by atoms with Crippen molar-refractivity contribution in [2.75, 3.05) is 0 Å². The van der Waals surface area contributed by atoms with Gasteiger partial charge in [0.25, 0.3) is 0 Å². The molecule has 0 unspecified atom stereocenters. The third-order valence-corrected chi connectivity index (χ3v) is 0. The summed E-state index contributed by atoms with van der Waals surface area (Å²) < 4.78 is 40.3. The second kappa shape index (κ2) is 57.8. The molecule has 0 aliphatic carbocycles. The van der Waals surface area contributed by atoms with Crippen molar-refractivity contribution in [2.24, 2.45) is 0 Å². The van der Waals surface area contributed by atoms with Crippen molar-refractivity contribution in [3.63, 3.8) is 0 Å². The summed E-state index contributed by atoms with van der Waals surface area (Å²) in [5.41, 5.74) is 0. The fourth-order valence-corrected chi connectivity index (χ4v) is 0. The van der Waals surface area contributed by atoms with Gasteiger partial charge < -0.3 is 40.2 Å². The summed E-state index contributed by atoms with van der Waals surface area (Å²) in [5, 5.41) is 41.8. The molecule has 0 saturated carbocycles. The van der Waals surface area contributed by atoms with E-state index in [-0.39, 0.29) is 207 Å². The number of rotatable bonds is 0. The molecular formula is C3H17Na7O16SSi. The molecule has 0 radical (unpaired) electrons. The van der Waals surface area contributed by atoms with Crippen LogP contribution < -0.4 is 0 Å². The Morgan fingerprint density at radius 1 is 0.536 bits per heavy atom. The van der Waals surface area contributed by atoms with E-state index in [9.17, 15) is 0 Å². The molecule has 10 N–H and O–H groups in total. The topological polar surface area (TPSA) is 305 Å². The maximum atomic E-state index is 8.74. The van der Waals surface area contributed by atoms with E-state index in [1.54, 1.807) is 0 Å². The van der Waals surface area contributed by atoms with Gasteiger partial charge in [0.2, 0.25) is 0 Å². The zero-order valence-corrected chi connectivity index (χ0v) is 11.1. The Bertz CT molecular complexity index is 344. The van der Waals surface area contributed by atoms with Gasteiger partial charge in [0.1, 0.15) is 0 Å². The van der Waals surface area contributed by atoms with E-state index in [4.69, 9.17) is 76.6 Å². The molecule has 25 heteroatoms. The van der Waals surface area contributed by atoms with Crippen LogP contribution in [0.25, 0.3) is 0 Å². The van der Waals surface area contributed by atoms with Gasteiger partial charge in [-0.25, -0.2) is 14.4 Å². The Kier molecular flexibility index (Phi) is 158. The SMILES string of the molecule is O=C(O)O.O=C(O)O.O=C(O)O.O=S(=O)(O)O.O=[Si](O)O.[NaH].[NaH].[NaH].[NaH].[NaH].[NaH].[NaH]. The summed E-state index contributed by atoms with van der Waals surface area (Å²) >= 11 is 0. The molecule has 0 atom stereocenters. The Morgan fingerprint density at radius 2 is 0.536 bits per heavy atom. The first kappa shape index (κ1) is 76.8. The molecule has 0 aromatic rings. The number of carbonyl (C=O) groups is 3. The van der Waals surface area contributed by atoms with Crippen LogP contribution >= 0.6 is 0 Å². The van der Waals surface area contributed by atoms with Gasteiger partial charge in [0, 0.05) is 0 Å². The molecule has 0 saturated heterocycles. The molecule has 0 bridgehead atoms. The monoisotopic (exact) mass is 530 g/mol. The second-order valence-electron chi connectivity index (χ2n) is 1.58. The van der Waals surface area contributed by atoms with Crippen molar-refractivity contribution in [3.8, 4) is 0 Å². The van der Waals surface area contributed by atoms with Crippen LogP contribution in [0.15, 0.2) is 0 Å². The molecule has 142 valence electrons. The standard InChI is InChI=1S/3CH2O3.7Na.H2O4S.H2O3Si.7H/c3*2-1(3)4;;;;;;;;1-5(2,3)4;1-4(2)3;;;;;;;/h3*(H2,2,3,4);;;;;;;;(H2,1,2,3,4);1-2H;;;;;;;. The first-order chi connectivity index (χ1) is 8.93. The summed E-state index contributed by atoms with van der Waals surface area (Å²) in [7, 11) is -7.80. The van der Waals surface area contributed by atoms with E-state index >= 15 is 0 Å². The third kappa shape index (κ3) is 1410. The average Bonchev–Trinajstić information content (AvgIpc) is 1.91. The maximum absolute atomic E-state index is 8.74. The summed E-state index contributed by atoms with van der Waals surface area (Å²) in [6, 6.07) is 0. The van der Waals surface area contributed by atoms with Crippen LogP contribution in [0.5, 0.6) is 0 Å². The summed E-state index contributed by atoms with van der Waals surface area (Å²) in [4.78, 5) is 40.0. The van der Waals surface area contributed by atoms with Gasteiger partial charge in [-0.3, -0.25) is 13.6 Å². The first-order valence-corrected chi connectivity index (χ1v) is 6.00. The predicted octanol–water partition coefficient (Wildman–Crippen LogP) is -6.14. The summed E-state index contributed by atoms with van der Waals surface area (Å²) in [6.07, 6.45) is -5.50. The summed E-state index contributed by atoms with van der Waals surface area (Å²) in [5.74, 6) is 0.